The number of hydrogen-bond donors (Lipinski definition) is 2. The lowest BCUT2D eigenvalue weighted by Crippen LogP contribution is -2.40. The van der Waals surface area contributed by atoms with Gasteiger partial charge in [0.1, 0.15) is 0 Å². The first kappa shape index (κ1) is 13.2. The third kappa shape index (κ3) is 2.56. The zero-order valence-electron chi connectivity index (χ0n) is 12.0. The SMILES string of the molecule is CC1(C)CC(Nc2ccc3cnccc3c2N)CCO1. The van der Waals surface area contributed by atoms with Gasteiger partial charge in [-0.05, 0) is 38.8 Å². The van der Waals surface area contributed by atoms with Crippen molar-refractivity contribution in [3.05, 3.63) is 30.6 Å². The second-order valence-corrected chi connectivity index (χ2v) is 6.07. The van der Waals surface area contributed by atoms with Gasteiger partial charge in [-0.3, -0.25) is 4.98 Å². The Balaban J connectivity index is 1.86. The van der Waals surface area contributed by atoms with Gasteiger partial charge in [-0.1, -0.05) is 6.07 Å². The monoisotopic (exact) mass is 271 g/mol. The van der Waals surface area contributed by atoms with Gasteiger partial charge in [-0.15, -0.1) is 0 Å². The zero-order valence-corrected chi connectivity index (χ0v) is 12.0. The number of pyridine rings is 1. The smallest absolute Gasteiger partial charge is 0.0646 e. The van der Waals surface area contributed by atoms with E-state index in [1.54, 1.807) is 6.20 Å². The van der Waals surface area contributed by atoms with Gasteiger partial charge >= 0.3 is 0 Å². The average Bonchev–Trinajstić information content (AvgIpc) is 2.41. The van der Waals surface area contributed by atoms with E-state index in [4.69, 9.17) is 10.5 Å². The Kier molecular flexibility index (Phi) is 3.26. The molecular formula is C16H21N3O. The summed E-state index contributed by atoms with van der Waals surface area (Å²) in [5.74, 6) is 0. The van der Waals surface area contributed by atoms with Gasteiger partial charge < -0.3 is 15.8 Å². The molecule has 0 radical (unpaired) electrons. The third-order valence-electron chi connectivity index (χ3n) is 3.92. The van der Waals surface area contributed by atoms with Crippen LogP contribution in [0.25, 0.3) is 10.8 Å². The summed E-state index contributed by atoms with van der Waals surface area (Å²) in [6.07, 6.45) is 5.62. The molecule has 1 aromatic carbocycles. The van der Waals surface area contributed by atoms with Crippen LogP contribution in [0.3, 0.4) is 0 Å². The van der Waals surface area contributed by atoms with Gasteiger partial charge in [-0.2, -0.15) is 0 Å². The molecule has 0 aliphatic carbocycles. The zero-order chi connectivity index (χ0) is 14.2. The number of rotatable bonds is 2. The number of nitrogens with two attached hydrogens (primary N) is 1. The molecule has 0 spiro atoms. The molecule has 0 amide bonds. The normalized spacial score (nSPS) is 21.8. The minimum atomic E-state index is -0.0640. The van der Waals surface area contributed by atoms with Gasteiger partial charge in [0.15, 0.2) is 0 Å². The van der Waals surface area contributed by atoms with Crippen molar-refractivity contribution in [1.82, 2.24) is 4.98 Å². The number of nitrogens with one attached hydrogen (secondary N) is 1. The van der Waals surface area contributed by atoms with E-state index in [9.17, 15) is 0 Å². The van der Waals surface area contributed by atoms with Gasteiger partial charge in [0, 0.05) is 35.8 Å². The Morgan fingerprint density at radius 3 is 3.00 bits per heavy atom. The Labute approximate surface area is 119 Å². The van der Waals surface area contributed by atoms with Crippen LogP contribution in [0, 0.1) is 0 Å². The van der Waals surface area contributed by atoms with E-state index in [1.165, 1.54) is 0 Å². The Bertz CT molecular complexity index is 624. The molecular weight excluding hydrogens is 250 g/mol. The first-order chi connectivity index (χ1) is 9.55. The van der Waals surface area contributed by atoms with Crippen LogP contribution in [0.4, 0.5) is 11.4 Å². The first-order valence-electron chi connectivity index (χ1n) is 7.08. The molecule has 3 N–H and O–H groups in total. The number of nitrogen functional groups attached to an aromatic ring is 1. The van der Waals surface area contributed by atoms with Crippen molar-refractivity contribution in [2.24, 2.45) is 0 Å². The molecule has 1 unspecified atom stereocenters. The molecule has 0 saturated carbocycles. The molecule has 4 nitrogen and oxygen atoms in total. The van der Waals surface area contributed by atoms with Crippen molar-refractivity contribution in [2.45, 2.75) is 38.3 Å². The summed E-state index contributed by atoms with van der Waals surface area (Å²) >= 11 is 0. The maximum Gasteiger partial charge on any atom is 0.0646 e. The Hall–Kier alpha value is -1.81. The largest absolute Gasteiger partial charge is 0.397 e. The van der Waals surface area contributed by atoms with Crippen LogP contribution >= 0.6 is 0 Å². The number of hydrogen-bond acceptors (Lipinski definition) is 4. The highest BCUT2D eigenvalue weighted by Crippen LogP contribution is 2.31. The van der Waals surface area contributed by atoms with E-state index >= 15 is 0 Å². The van der Waals surface area contributed by atoms with Crippen molar-refractivity contribution in [3.8, 4) is 0 Å². The second-order valence-electron chi connectivity index (χ2n) is 6.07. The third-order valence-corrected chi connectivity index (χ3v) is 3.92. The predicted octanol–water partition coefficient (Wildman–Crippen LogP) is 3.19. The topological polar surface area (TPSA) is 60.2 Å². The molecule has 1 aromatic heterocycles. The molecule has 1 aliphatic heterocycles. The number of anilines is 2. The molecule has 1 atom stereocenters. The molecule has 1 fully saturated rings. The van der Waals surface area contributed by atoms with Crippen LogP contribution in [-0.4, -0.2) is 23.2 Å². The molecule has 2 aromatic rings. The fourth-order valence-corrected chi connectivity index (χ4v) is 2.89. The van der Waals surface area contributed by atoms with Crippen LogP contribution in [-0.2, 0) is 4.74 Å². The van der Waals surface area contributed by atoms with Gasteiger partial charge in [0.05, 0.1) is 17.0 Å². The number of benzene rings is 1. The summed E-state index contributed by atoms with van der Waals surface area (Å²) in [7, 11) is 0. The number of fused-ring (bicyclic) bond motifs is 1. The quantitative estimate of drug-likeness (QED) is 0.824. The van der Waals surface area contributed by atoms with Crippen LogP contribution in [0.1, 0.15) is 26.7 Å². The van der Waals surface area contributed by atoms with E-state index < -0.39 is 0 Å². The average molecular weight is 271 g/mol. The summed E-state index contributed by atoms with van der Waals surface area (Å²) < 4.78 is 5.75. The highest BCUT2D eigenvalue weighted by molar-refractivity contribution is 5.98. The van der Waals surface area contributed by atoms with Gasteiger partial charge in [0.25, 0.3) is 0 Å². The maximum atomic E-state index is 6.28. The summed E-state index contributed by atoms with van der Waals surface area (Å²) in [4.78, 5) is 4.13. The van der Waals surface area contributed by atoms with E-state index in [0.29, 0.717) is 6.04 Å². The fraction of sp³-hybridized carbons (Fsp3) is 0.438. The fourth-order valence-electron chi connectivity index (χ4n) is 2.89. The second kappa shape index (κ2) is 4.94. The highest BCUT2D eigenvalue weighted by Gasteiger charge is 2.28. The van der Waals surface area contributed by atoms with Crippen LogP contribution in [0.15, 0.2) is 30.6 Å². The summed E-state index contributed by atoms with van der Waals surface area (Å²) in [5.41, 5.74) is 8.02. The molecule has 3 rings (SSSR count). The van der Waals surface area contributed by atoms with Crippen molar-refractivity contribution in [1.29, 1.82) is 0 Å². The van der Waals surface area contributed by atoms with Gasteiger partial charge in [-0.25, -0.2) is 0 Å². The highest BCUT2D eigenvalue weighted by atomic mass is 16.5. The van der Waals surface area contributed by atoms with E-state index in [0.717, 1.165) is 41.6 Å². The summed E-state index contributed by atoms with van der Waals surface area (Å²) in [5, 5.41) is 5.70. The van der Waals surface area contributed by atoms with Gasteiger partial charge in [0.2, 0.25) is 0 Å². The van der Waals surface area contributed by atoms with Crippen LogP contribution < -0.4 is 11.1 Å². The molecule has 0 bridgehead atoms. The van der Waals surface area contributed by atoms with Crippen molar-refractivity contribution in [3.63, 3.8) is 0 Å². The Morgan fingerprint density at radius 2 is 2.20 bits per heavy atom. The van der Waals surface area contributed by atoms with Crippen LogP contribution in [0.5, 0.6) is 0 Å². The first-order valence-corrected chi connectivity index (χ1v) is 7.08. The van der Waals surface area contributed by atoms with Crippen molar-refractivity contribution in [2.75, 3.05) is 17.7 Å². The standard InChI is InChI=1S/C16H21N3O/c1-16(2)9-12(6-8-20-16)19-14-4-3-11-10-18-7-5-13(11)15(14)17/h3-5,7,10,12,19H,6,8-9,17H2,1-2H3. The molecule has 106 valence electrons. The lowest BCUT2D eigenvalue weighted by atomic mass is 9.93. The minimum Gasteiger partial charge on any atom is -0.397 e. The van der Waals surface area contributed by atoms with E-state index in [1.807, 2.05) is 18.3 Å². The molecule has 20 heavy (non-hydrogen) atoms. The lowest BCUT2D eigenvalue weighted by molar-refractivity contribution is -0.0553. The maximum absolute atomic E-state index is 6.28. The number of ether oxygens (including phenoxy) is 1. The Morgan fingerprint density at radius 1 is 1.35 bits per heavy atom. The van der Waals surface area contributed by atoms with Crippen LogP contribution in [0.2, 0.25) is 0 Å². The van der Waals surface area contributed by atoms with Crippen molar-refractivity contribution >= 4 is 22.1 Å². The summed E-state index contributed by atoms with van der Waals surface area (Å²) in [6.45, 7) is 5.06. The van der Waals surface area contributed by atoms with E-state index in [-0.39, 0.29) is 5.60 Å². The number of aromatic nitrogens is 1. The van der Waals surface area contributed by atoms with E-state index in [2.05, 4.69) is 30.2 Å². The molecule has 1 aliphatic rings. The number of nitrogens with zero attached hydrogens (tertiary/aromatic N) is 1. The molecule has 4 heteroatoms. The summed E-state index contributed by atoms with van der Waals surface area (Å²) in [6, 6.07) is 6.47. The predicted molar refractivity (Wildman–Crippen MR) is 82.8 cm³/mol. The molecule has 2 heterocycles. The molecule has 1 saturated heterocycles. The van der Waals surface area contributed by atoms with Crippen molar-refractivity contribution < 1.29 is 4.74 Å². The lowest BCUT2D eigenvalue weighted by Gasteiger charge is -2.36. The minimum absolute atomic E-state index is 0.0640.